The quantitative estimate of drug-likeness (QED) is 0.116. The van der Waals surface area contributed by atoms with Crippen LogP contribution in [0.4, 0.5) is 27.3 Å². The van der Waals surface area contributed by atoms with E-state index < -0.39 is 44.3 Å². The smallest absolute Gasteiger partial charge is 0.409 e. The first-order valence-electron chi connectivity index (χ1n) is 9.95. The molecule has 0 spiro atoms. The van der Waals surface area contributed by atoms with Crippen LogP contribution in [0.5, 0.6) is 0 Å². The maximum absolute atomic E-state index is 11.6. The summed E-state index contributed by atoms with van der Waals surface area (Å²) >= 11 is 0. The van der Waals surface area contributed by atoms with Gasteiger partial charge in [-0.3, -0.25) is 4.39 Å². The first-order valence-corrected chi connectivity index (χ1v) is 9.95. The number of carbonyl (C=O) groups excluding carboxylic acids is 4. The third kappa shape index (κ3) is 30.6. The van der Waals surface area contributed by atoms with Gasteiger partial charge in [-0.1, -0.05) is 13.2 Å². The molecule has 35 heavy (non-hydrogen) atoms. The molecule has 0 aliphatic rings. The molecule has 0 aromatic carbocycles. The minimum absolute atomic E-state index is 0.00687. The number of nitrogens with one attached hydrogen (secondary N) is 2. The second-order valence-corrected chi connectivity index (χ2v) is 5.91. The number of ether oxygens (including phenoxy) is 4. The van der Waals surface area contributed by atoms with E-state index in [2.05, 4.69) is 47.7 Å². The van der Waals surface area contributed by atoms with E-state index in [9.17, 15) is 36.9 Å². The van der Waals surface area contributed by atoms with Crippen LogP contribution >= 0.6 is 0 Å². The third-order valence-electron chi connectivity index (χ3n) is 2.76. The number of hydrogen-bond acceptors (Lipinski definition) is 9. The fraction of sp³-hybridized carbons (Fsp3) is 0.600. The van der Waals surface area contributed by atoms with E-state index in [1.54, 1.807) is 0 Å². The number of esters is 2. The van der Waals surface area contributed by atoms with E-state index in [0.717, 1.165) is 0 Å². The van der Waals surface area contributed by atoms with E-state index >= 15 is 0 Å². The van der Waals surface area contributed by atoms with Crippen molar-refractivity contribution in [3.63, 3.8) is 0 Å². The summed E-state index contributed by atoms with van der Waals surface area (Å²) in [5.74, 6) is -1.06. The number of carbonyl (C=O) groups is 4. The number of alkyl carbamates (subject to hydrolysis) is 2. The Balaban J connectivity index is -0.000000477. The van der Waals surface area contributed by atoms with Crippen LogP contribution in [0.25, 0.3) is 0 Å². The van der Waals surface area contributed by atoms with Gasteiger partial charge in [0.1, 0.15) is 26.5 Å². The van der Waals surface area contributed by atoms with Crippen molar-refractivity contribution in [3.05, 3.63) is 24.3 Å². The average Bonchev–Trinajstić information content (AvgIpc) is 2.82. The molecule has 2 amide bonds. The van der Waals surface area contributed by atoms with E-state index in [1.807, 2.05) is 0 Å². The van der Waals surface area contributed by atoms with Crippen molar-refractivity contribution in [2.24, 2.45) is 0 Å². The molecule has 204 valence electrons. The number of rotatable bonds is 14. The Labute approximate surface area is 200 Å². The SMILES string of the molecule is C=C(C)C(=O)OCCNC(=O)OCCF.C=C(C)C(=O)OCCNC(=O)OCF.FCCCOF. The molecule has 0 heterocycles. The molecule has 0 saturated carbocycles. The monoisotopic (exact) mass is 520 g/mol. The highest BCUT2D eigenvalue weighted by molar-refractivity contribution is 5.87. The molecular formula is C20H32F4N2O9. The fourth-order valence-electron chi connectivity index (χ4n) is 1.23. The number of halogens is 4. The number of hydrogen-bond donors (Lipinski definition) is 2. The lowest BCUT2D eigenvalue weighted by Gasteiger charge is -2.06. The summed E-state index contributed by atoms with van der Waals surface area (Å²) in [6.07, 6.45) is -1.48. The van der Waals surface area contributed by atoms with Crippen molar-refractivity contribution in [1.29, 1.82) is 0 Å². The lowest BCUT2D eigenvalue weighted by atomic mass is 10.4. The average molecular weight is 520 g/mol. The van der Waals surface area contributed by atoms with Gasteiger partial charge in [0.05, 0.1) is 26.4 Å². The van der Waals surface area contributed by atoms with Crippen LogP contribution in [0, 0.1) is 0 Å². The van der Waals surface area contributed by atoms with Gasteiger partial charge in [0.25, 0.3) is 0 Å². The van der Waals surface area contributed by atoms with Crippen molar-refractivity contribution in [2.75, 3.05) is 59.7 Å². The van der Waals surface area contributed by atoms with Crippen molar-refractivity contribution < 1.29 is 60.8 Å². The molecule has 0 aromatic heterocycles. The molecule has 0 aliphatic carbocycles. The Bertz CT molecular complexity index is 634. The Morgan fingerprint density at radius 2 is 1.14 bits per heavy atom. The molecule has 0 saturated heterocycles. The van der Waals surface area contributed by atoms with Gasteiger partial charge < -0.3 is 29.6 Å². The normalized spacial score (nSPS) is 9.09. The second kappa shape index (κ2) is 26.9. The molecule has 0 atom stereocenters. The van der Waals surface area contributed by atoms with E-state index in [0.29, 0.717) is 0 Å². The fourth-order valence-corrected chi connectivity index (χ4v) is 1.23. The summed E-state index contributed by atoms with van der Waals surface area (Å²) < 4.78 is 62.0. The Morgan fingerprint density at radius 3 is 1.46 bits per heavy atom. The van der Waals surface area contributed by atoms with Gasteiger partial charge in [0.15, 0.2) is 0 Å². The highest BCUT2D eigenvalue weighted by Gasteiger charge is 2.05. The lowest BCUT2D eigenvalue weighted by molar-refractivity contribution is -0.139. The molecule has 0 fully saturated rings. The number of amides is 2. The van der Waals surface area contributed by atoms with Gasteiger partial charge in [-0.25, -0.2) is 28.0 Å². The molecule has 15 heteroatoms. The Hall–Kier alpha value is -3.36. The zero-order chi connectivity index (χ0) is 27.5. The van der Waals surface area contributed by atoms with Crippen molar-refractivity contribution >= 4 is 24.1 Å². The predicted octanol–water partition coefficient (Wildman–Crippen LogP) is 2.81. The maximum atomic E-state index is 11.6. The van der Waals surface area contributed by atoms with Gasteiger partial charge in [-0.2, -0.15) is 4.94 Å². The molecule has 11 nitrogen and oxygen atoms in total. The molecular weight excluding hydrogens is 488 g/mol. The van der Waals surface area contributed by atoms with Crippen LogP contribution in [-0.2, 0) is 33.5 Å². The van der Waals surface area contributed by atoms with Crippen molar-refractivity contribution in [3.8, 4) is 0 Å². The van der Waals surface area contributed by atoms with Gasteiger partial charge in [0, 0.05) is 17.6 Å². The molecule has 0 aliphatic heterocycles. The Morgan fingerprint density at radius 1 is 0.686 bits per heavy atom. The molecule has 2 N–H and O–H groups in total. The summed E-state index contributed by atoms with van der Waals surface area (Å²) in [7, 11) is 0. The van der Waals surface area contributed by atoms with Crippen molar-refractivity contribution in [2.45, 2.75) is 20.3 Å². The van der Waals surface area contributed by atoms with Crippen LogP contribution < -0.4 is 10.6 Å². The minimum atomic E-state index is -1.18. The number of alkyl halides is 3. The minimum Gasteiger partial charge on any atom is -0.460 e. The van der Waals surface area contributed by atoms with Gasteiger partial charge in [-0.15, -0.1) is 0 Å². The van der Waals surface area contributed by atoms with Crippen LogP contribution in [0.2, 0.25) is 0 Å². The second-order valence-electron chi connectivity index (χ2n) is 5.91. The van der Waals surface area contributed by atoms with Crippen LogP contribution in [0.15, 0.2) is 24.3 Å². The molecule has 0 bridgehead atoms. The largest absolute Gasteiger partial charge is 0.460 e. The van der Waals surface area contributed by atoms with Crippen LogP contribution in [0.1, 0.15) is 20.3 Å². The molecule has 0 aromatic rings. The summed E-state index contributed by atoms with van der Waals surface area (Å²) in [5, 5.41) is 4.45. The topological polar surface area (TPSA) is 138 Å². The van der Waals surface area contributed by atoms with Gasteiger partial charge >= 0.3 is 24.1 Å². The standard InChI is InChI=1S/C9H14FNO4.C8H12FNO4.C3H6F2O/c1-7(2)8(12)14-6-4-11-9(13)15-5-3-10;1-6(2)7(11)13-4-3-10-8(12)14-5-9;4-2-1-3-6-5/h1,3-6H2,2H3,(H,11,13);1,3-5H2,2H3,(H,10,12);1-3H2. The third-order valence-corrected chi connectivity index (χ3v) is 2.76. The van der Waals surface area contributed by atoms with Crippen molar-refractivity contribution in [1.82, 2.24) is 10.6 Å². The lowest BCUT2D eigenvalue weighted by Crippen LogP contribution is -2.29. The van der Waals surface area contributed by atoms with E-state index in [1.165, 1.54) is 13.8 Å². The van der Waals surface area contributed by atoms with Gasteiger partial charge in [0.2, 0.25) is 6.86 Å². The zero-order valence-electron chi connectivity index (χ0n) is 19.7. The zero-order valence-corrected chi connectivity index (χ0v) is 19.7. The van der Waals surface area contributed by atoms with E-state index in [-0.39, 0.29) is 57.1 Å². The predicted molar refractivity (Wildman–Crippen MR) is 115 cm³/mol. The van der Waals surface area contributed by atoms with Gasteiger partial charge in [-0.05, 0) is 18.4 Å². The molecule has 0 unspecified atom stereocenters. The summed E-state index contributed by atoms with van der Waals surface area (Å²) in [6, 6.07) is 0. The first-order chi connectivity index (χ1) is 16.6. The Kier molecular flexibility index (Phi) is 27.8. The highest BCUT2D eigenvalue weighted by atomic mass is 19.3. The molecule has 0 radical (unpaired) electrons. The maximum Gasteiger partial charge on any atom is 0.409 e. The highest BCUT2D eigenvalue weighted by Crippen LogP contribution is 1.91. The molecule has 0 rings (SSSR count). The summed E-state index contributed by atoms with van der Waals surface area (Å²) in [6.45, 7) is 7.14. The van der Waals surface area contributed by atoms with Crippen LogP contribution in [-0.4, -0.2) is 83.9 Å². The van der Waals surface area contributed by atoms with Crippen LogP contribution in [0.3, 0.4) is 0 Å². The summed E-state index contributed by atoms with van der Waals surface area (Å²) in [4.78, 5) is 45.9. The van der Waals surface area contributed by atoms with E-state index in [4.69, 9.17) is 0 Å². The first kappa shape index (κ1) is 36.2. The summed E-state index contributed by atoms with van der Waals surface area (Å²) in [5.41, 5.74) is 0.561.